The van der Waals surface area contributed by atoms with Crippen molar-refractivity contribution in [2.75, 3.05) is 36.4 Å². The van der Waals surface area contributed by atoms with Crippen molar-refractivity contribution in [3.05, 3.63) is 66.0 Å². The van der Waals surface area contributed by atoms with Crippen LogP contribution in [0.4, 0.5) is 17.6 Å². The number of amides is 1. The first-order valence-corrected chi connectivity index (χ1v) is 11.9. The summed E-state index contributed by atoms with van der Waals surface area (Å²) in [6.45, 7) is 4.70. The lowest BCUT2D eigenvalue weighted by Crippen LogP contribution is -2.57. The Morgan fingerprint density at radius 3 is 2.53 bits per heavy atom. The second-order valence-electron chi connectivity index (χ2n) is 9.24. The number of rotatable bonds is 5. The second-order valence-corrected chi connectivity index (χ2v) is 9.24. The number of aryl methyl sites for hydroxylation is 1. The van der Waals surface area contributed by atoms with E-state index in [2.05, 4.69) is 32.5 Å². The fourth-order valence-corrected chi connectivity index (χ4v) is 5.08. The lowest BCUT2D eigenvalue weighted by molar-refractivity contribution is -0.141. The molecule has 1 saturated carbocycles. The van der Waals surface area contributed by atoms with Crippen LogP contribution in [0.5, 0.6) is 0 Å². The molecule has 1 saturated heterocycles. The minimum Gasteiger partial charge on any atom is -0.338 e. The highest BCUT2D eigenvalue weighted by Crippen LogP contribution is 2.45. The third-order valence-electron chi connectivity index (χ3n) is 7.12. The van der Waals surface area contributed by atoms with Crippen molar-refractivity contribution in [1.29, 1.82) is 0 Å². The molecule has 0 unspecified atom stereocenters. The van der Waals surface area contributed by atoms with Gasteiger partial charge in [0.2, 0.25) is 11.9 Å². The van der Waals surface area contributed by atoms with Gasteiger partial charge >= 0.3 is 0 Å². The van der Waals surface area contributed by atoms with Gasteiger partial charge in [-0.1, -0.05) is 36.8 Å². The van der Waals surface area contributed by atoms with Crippen LogP contribution in [-0.2, 0) is 10.2 Å². The monoisotopic (exact) mass is 456 g/mol. The maximum absolute atomic E-state index is 13.6. The molecule has 6 rings (SSSR count). The highest BCUT2D eigenvalue weighted by atomic mass is 16.2. The Bertz CT molecular complexity index is 1320. The Kier molecular flexibility index (Phi) is 4.97. The minimum absolute atomic E-state index is 0.266. The summed E-state index contributed by atoms with van der Waals surface area (Å²) in [4.78, 5) is 22.6. The molecule has 2 aliphatic rings. The summed E-state index contributed by atoms with van der Waals surface area (Å²) < 4.78 is 1.83. The van der Waals surface area contributed by atoms with Crippen LogP contribution in [0, 0.1) is 6.92 Å². The first-order valence-electron chi connectivity index (χ1n) is 11.9. The van der Waals surface area contributed by atoms with E-state index in [9.17, 15) is 4.79 Å². The summed E-state index contributed by atoms with van der Waals surface area (Å²) in [5, 5.41) is 15.2. The maximum atomic E-state index is 13.6. The van der Waals surface area contributed by atoms with Gasteiger partial charge in [-0.2, -0.15) is 10.1 Å². The van der Waals surface area contributed by atoms with Crippen LogP contribution >= 0.6 is 0 Å². The number of piperazine rings is 1. The van der Waals surface area contributed by atoms with Crippen LogP contribution in [0.2, 0.25) is 0 Å². The number of H-pyrrole nitrogens is 1. The van der Waals surface area contributed by atoms with Gasteiger partial charge in [-0.15, -0.1) is 5.10 Å². The van der Waals surface area contributed by atoms with Crippen LogP contribution in [0.3, 0.4) is 0 Å². The number of aromatic nitrogens is 5. The van der Waals surface area contributed by atoms with E-state index in [0.29, 0.717) is 43.8 Å². The van der Waals surface area contributed by atoms with Gasteiger partial charge in [0, 0.05) is 44.1 Å². The molecule has 4 heterocycles. The summed E-state index contributed by atoms with van der Waals surface area (Å²) in [5.74, 6) is 2.33. The van der Waals surface area contributed by atoms with Crippen LogP contribution < -0.4 is 10.2 Å². The first-order chi connectivity index (χ1) is 16.6. The number of nitrogens with one attached hydrogen (secondary N) is 2. The SMILES string of the molecule is Cc1cc(Nc2nc(N3CCN(C(=O)C4(c5ccccc5)CCC4)CC3)nn3cccc23)n[nH]1. The van der Waals surface area contributed by atoms with E-state index in [4.69, 9.17) is 10.1 Å². The van der Waals surface area contributed by atoms with Crippen molar-refractivity contribution >= 4 is 29.0 Å². The fraction of sp³-hybridized carbons (Fsp3) is 0.360. The normalized spacial score (nSPS) is 17.6. The molecule has 0 radical (unpaired) electrons. The van der Waals surface area contributed by atoms with Gasteiger partial charge in [-0.25, -0.2) is 4.52 Å². The van der Waals surface area contributed by atoms with Crippen LogP contribution in [0.25, 0.3) is 5.52 Å². The summed E-state index contributed by atoms with van der Waals surface area (Å²) in [6, 6.07) is 16.1. The number of carbonyl (C=O) groups is 1. The summed E-state index contributed by atoms with van der Waals surface area (Å²) in [5.41, 5.74) is 2.67. The van der Waals surface area contributed by atoms with Crippen molar-refractivity contribution in [2.45, 2.75) is 31.6 Å². The van der Waals surface area contributed by atoms with E-state index in [-0.39, 0.29) is 11.3 Å². The van der Waals surface area contributed by atoms with E-state index < -0.39 is 0 Å². The molecule has 34 heavy (non-hydrogen) atoms. The van der Waals surface area contributed by atoms with Gasteiger partial charge < -0.3 is 15.1 Å². The zero-order valence-electron chi connectivity index (χ0n) is 19.2. The third-order valence-corrected chi connectivity index (χ3v) is 7.12. The van der Waals surface area contributed by atoms with Gasteiger partial charge in [0.05, 0.1) is 5.41 Å². The van der Waals surface area contributed by atoms with E-state index in [1.165, 1.54) is 0 Å². The molecule has 0 bridgehead atoms. The summed E-state index contributed by atoms with van der Waals surface area (Å²) in [7, 11) is 0. The van der Waals surface area contributed by atoms with Crippen molar-refractivity contribution in [2.24, 2.45) is 0 Å². The van der Waals surface area contributed by atoms with Crippen molar-refractivity contribution in [3.8, 4) is 0 Å². The quantitative estimate of drug-likeness (QED) is 0.479. The molecule has 2 N–H and O–H groups in total. The lowest BCUT2D eigenvalue weighted by atomic mass is 9.63. The van der Waals surface area contributed by atoms with E-state index >= 15 is 0 Å². The molecule has 1 amide bonds. The average Bonchev–Trinajstić information content (AvgIpc) is 3.48. The first kappa shape index (κ1) is 20.7. The summed E-state index contributed by atoms with van der Waals surface area (Å²) >= 11 is 0. The molecule has 1 aromatic carbocycles. The fourth-order valence-electron chi connectivity index (χ4n) is 5.08. The number of fused-ring (bicyclic) bond motifs is 1. The molecule has 0 atom stereocenters. The molecule has 2 fully saturated rings. The van der Waals surface area contributed by atoms with Crippen LogP contribution in [0.15, 0.2) is 54.7 Å². The lowest BCUT2D eigenvalue weighted by Gasteiger charge is -2.46. The second kappa shape index (κ2) is 8.16. The Hall–Kier alpha value is -3.88. The molecule has 9 heteroatoms. The number of hydrogen-bond acceptors (Lipinski definition) is 6. The number of nitrogens with zero attached hydrogens (tertiary/aromatic N) is 6. The van der Waals surface area contributed by atoms with Gasteiger partial charge in [0.25, 0.3) is 0 Å². The molecule has 0 spiro atoms. The van der Waals surface area contributed by atoms with Crippen LogP contribution in [0.1, 0.15) is 30.5 Å². The Balaban J connectivity index is 1.20. The van der Waals surface area contributed by atoms with E-state index in [0.717, 1.165) is 36.0 Å². The molecule has 1 aliphatic carbocycles. The minimum atomic E-state index is -0.344. The van der Waals surface area contributed by atoms with Crippen molar-refractivity contribution < 1.29 is 4.79 Å². The number of aromatic amines is 1. The van der Waals surface area contributed by atoms with Crippen LogP contribution in [-0.4, -0.2) is 61.8 Å². The zero-order valence-corrected chi connectivity index (χ0v) is 19.2. The van der Waals surface area contributed by atoms with Gasteiger partial charge in [0.15, 0.2) is 11.6 Å². The predicted molar refractivity (Wildman–Crippen MR) is 130 cm³/mol. The van der Waals surface area contributed by atoms with Gasteiger partial charge in [0.1, 0.15) is 5.52 Å². The highest BCUT2D eigenvalue weighted by Gasteiger charge is 2.47. The number of benzene rings is 1. The highest BCUT2D eigenvalue weighted by molar-refractivity contribution is 5.89. The largest absolute Gasteiger partial charge is 0.338 e. The molecular weight excluding hydrogens is 428 g/mol. The molecule has 1 aliphatic heterocycles. The van der Waals surface area contributed by atoms with E-state index in [1.807, 2.05) is 58.9 Å². The Labute approximate surface area is 197 Å². The Morgan fingerprint density at radius 2 is 1.85 bits per heavy atom. The number of hydrogen-bond donors (Lipinski definition) is 2. The Morgan fingerprint density at radius 1 is 1.06 bits per heavy atom. The van der Waals surface area contributed by atoms with Crippen molar-refractivity contribution in [3.63, 3.8) is 0 Å². The topological polar surface area (TPSA) is 94.5 Å². The molecule has 174 valence electrons. The number of anilines is 3. The number of carbonyl (C=O) groups excluding carboxylic acids is 1. The summed E-state index contributed by atoms with van der Waals surface area (Å²) in [6.07, 6.45) is 4.90. The maximum Gasteiger partial charge on any atom is 0.245 e. The molecule has 4 aromatic rings. The molecule has 3 aromatic heterocycles. The van der Waals surface area contributed by atoms with Gasteiger partial charge in [-0.3, -0.25) is 9.89 Å². The predicted octanol–water partition coefficient (Wildman–Crippen LogP) is 3.27. The van der Waals surface area contributed by atoms with Crippen molar-refractivity contribution in [1.82, 2.24) is 29.7 Å². The standard InChI is InChI=1S/C25H28N8O/c1-18-17-21(29-28-18)26-22-20-9-5-12-33(20)30-24(27-22)32-15-13-31(14-16-32)23(34)25(10-6-11-25)19-7-3-2-4-8-19/h2-5,7-9,12,17H,6,10-11,13-16H2,1H3,(H2,26,27,28,29,30). The molecular formula is C25H28N8O. The smallest absolute Gasteiger partial charge is 0.245 e. The molecule has 9 nitrogen and oxygen atoms in total. The average molecular weight is 457 g/mol. The van der Waals surface area contributed by atoms with E-state index in [1.54, 1.807) is 0 Å². The van der Waals surface area contributed by atoms with Gasteiger partial charge in [-0.05, 0) is 37.5 Å². The third kappa shape index (κ3) is 3.48. The zero-order chi connectivity index (χ0) is 23.1.